The summed E-state index contributed by atoms with van der Waals surface area (Å²) in [5.74, 6) is 0.891. The van der Waals surface area contributed by atoms with Gasteiger partial charge >= 0.3 is 0 Å². The Balaban J connectivity index is 1.36. The minimum absolute atomic E-state index is 0.650. The zero-order valence-electron chi connectivity index (χ0n) is 12.8. The second-order valence-corrected chi connectivity index (χ2v) is 7.20. The van der Waals surface area contributed by atoms with Crippen LogP contribution in [0.3, 0.4) is 0 Å². The minimum atomic E-state index is 0.650. The first-order valence-electron chi connectivity index (χ1n) is 7.68. The first-order chi connectivity index (χ1) is 11.3. The predicted molar refractivity (Wildman–Crippen MR) is 96.5 cm³/mol. The molecule has 2 heterocycles. The van der Waals surface area contributed by atoms with E-state index < -0.39 is 0 Å². The van der Waals surface area contributed by atoms with Crippen molar-refractivity contribution in [1.29, 1.82) is 0 Å². The summed E-state index contributed by atoms with van der Waals surface area (Å²) in [7, 11) is 0. The van der Waals surface area contributed by atoms with E-state index >= 15 is 0 Å². The van der Waals surface area contributed by atoms with E-state index in [2.05, 4.69) is 31.1 Å². The summed E-state index contributed by atoms with van der Waals surface area (Å²) in [6.07, 6.45) is 1.96. The molecule has 1 N–H and O–H groups in total. The maximum Gasteiger partial charge on any atom is 0.185 e. The van der Waals surface area contributed by atoms with Crippen LogP contribution in [-0.2, 0) is 11.3 Å². The normalized spacial score (nSPS) is 14.9. The lowest BCUT2D eigenvalue weighted by molar-refractivity contribution is 0.122. The number of morpholine rings is 1. The minimum Gasteiger partial charge on any atom is -0.492 e. The summed E-state index contributed by atoms with van der Waals surface area (Å²) >= 11 is 5.16. The molecule has 0 saturated carbocycles. The molecular formula is C16H20BrN3O2S. The molecule has 1 aliphatic rings. The highest BCUT2D eigenvalue weighted by Gasteiger charge is 2.14. The molecule has 23 heavy (non-hydrogen) atoms. The van der Waals surface area contributed by atoms with E-state index in [0.29, 0.717) is 6.61 Å². The standard InChI is InChI=1S/C16H20BrN3O2S/c17-13-1-3-14(4-2-13)22-8-5-18-11-15-12-19-16(23-15)20-6-9-21-10-7-20/h1-4,12,18H,5-11H2. The fraction of sp³-hybridized carbons (Fsp3) is 0.438. The number of anilines is 1. The van der Waals surface area contributed by atoms with Crippen molar-refractivity contribution >= 4 is 32.4 Å². The van der Waals surface area contributed by atoms with Gasteiger partial charge in [-0.25, -0.2) is 4.98 Å². The zero-order valence-corrected chi connectivity index (χ0v) is 15.2. The molecule has 1 saturated heterocycles. The maximum atomic E-state index is 5.68. The van der Waals surface area contributed by atoms with Crippen LogP contribution in [0.2, 0.25) is 0 Å². The van der Waals surface area contributed by atoms with Gasteiger partial charge in [-0.05, 0) is 24.3 Å². The van der Waals surface area contributed by atoms with Crippen LogP contribution < -0.4 is 15.0 Å². The number of hydrogen-bond acceptors (Lipinski definition) is 6. The first-order valence-corrected chi connectivity index (χ1v) is 9.29. The Labute approximate surface area is 148 Å². The van der Waals surface area contributed by atoms with Crippen molar-refractivity contribution in [2.45, 2.75) is 6.54 Å². The molecule has 5 nitrogen and oxygen atoms in total. The van der Waals surface area contributed by atoms with Crippen LogP contribution >= 0.6 is 27.3 Å². The average molecular weight is 398 g/mol. The second-order valence-electron chi connectivity index (χ2n) is 5.19. The lowest BCUT2D eigenvalue weighted by Gasteiger charge is -2.25. The van der Waals surface area contributed by atoms with E-state index in [1.165, 1.54) is 4.88 Å². The van der Waals surface area contributed by atoms with Crippen LogP contribution in [0, 0.1) is 0 Å². The highest BCUT2D eigenvalue weighted by Crippen LogP contribution is 2.23. The summed E-state index contributed by atoms with van der Waals surface area (Å²) in [6, 6.07) is 7.88. The molecule has 1 aliphatic heterocycles. The van der Waals surface area contributed by atoms with Crippen LogP contribution in [-0.4, -0.2) is 44.4 Å². The molecule has 0 atom stereocenters. The largest absolute Gasteiger partial charge is 0.492 e. The third-order valence-corrected chi connectivity index (χ3v) is 5.07. The van der Waals surface area contributed by atoms with Gasteiger partial charge in [0.15, 0.2) is 5.13 Å². The third kappa shape index (κ3) is 5.17. The van der Waals surface area contributed by atoms with Gasteiger partial charge in [-0.2, -0.15) is 0 Å². The zero-order chi connectivity index (χ0) is 15.9. The monoisotopic (exact) mass is 397 g/mol. The van der Waals surface area contributed by atoms with E-state index in [9.17, 15) is 0 Å². The topological polar surface area (TPSA) is 46.6 Å². The molecule has 3 rings (SSSR count). The van der Waals surface area contributed by atoms with E-state index in [-0.39, 0.29) is 0 Å². The number of hydrogen-bond donors (Lipinski definition) is 1. The molecule has 7 heteroatoms. The van der Waals surface area contributed by atoms with Crippen molar-refractivity contribution in [2.75, 3.05) is 44.4 Å². The van der Waals surface area contributed by atoms with Crippen LogP contribution in [0.25, 0.3) is 0 Å². The van der Waals surface area contributed by atoms with Crippen molar-refractivity contribution in [2.24, 2.45) is 0 Å². The number of nitrogens with one attached hydrogen (secondary N) is 1. The van der Waals surface area contributed by atoms with Gasteiger partial charge in [0.05, 0.1) is 13.2 Å². The van der Waals surface area contributed by atoms with Gasteiger partial charge in [0.1, 0.15) is 12.4 Å². The lowest BCUT2D eigenvalue weighted by Crippen LogP contribution is -2.36. The van der Waals surface area contributed by atoms with Crippen molar-refractivity contribution in [3.8, 4) is 5.75 Å². The highest BCUT2D eigenvalue weighted by molar-refractivity contribution is 9.10. The number of aromatic nitrogens is 1. The Morgan fingerprint density at radius 3 is 2.83 bits per heavy atom. The molecule has 0 amide bonds. The van der Waals surface area contributed by atoms with Gasteiger partial charge < -0.3 is 19.7 Å². The molecule has 0 unspecified atom stereocenters. The van der Waals surface area contributed by atoms with E-state index in [1.807, 2.05) is 30.5 Å². The number of benzene rings is 1. The molecule has 0 aliphatic carbocycles. The average Bonchev–Trinajstić information content (AvgIpc) is 3.06. The highest BCUT2D eigenvalue weighted by atomic mass is 79.9. The Kier molecular flexibility index (Phi) is 6.27. The smallest absolute Gasteiger partial charge is 0.185 e. The van der Waals surface area contributed by atoms with Crippen molar-refractivity contribution < 1.29 is 9.47 Å². The van der Waals surface area contributed by atoms with Crippen LogP contribution in [0.15, 0.2) is 34.9 Å². The van der Waals surface area contributed by atoms with E-state index in [0.717, 1.165) is 54.7 Å². The van der Waals surface area contributed by atoms with Gasteiger partial charge in [0, 0.05) is 41.7 Å². The molecule has 1 aromatic carbocycles. The fourth-order valence-electron chi connectivity index (χ4n) is 2.26. The SMILES string of the molecule is Brc1ccc(OCCNCc2cnc(N3CCOCC3)s2)cc1. The Hall–Kier alpha value is -1.15. The number of rotatable bonds is 7. The van der Waals surface area contributed by atoms with Gasteiger partial charge in [0.2, 0.25) is 0 Å². The van der Waals surface area contributed by atoms with Gasteiger partial charge in [-0.1, -0.05) is 15.9 Å². The summed E-state index contributed by atoms with van der Waals surface area (Å²) in [5.41, 5.74) is 0. The van der Waals surface area contributed by atoms with Gasteiger partial charge in [-0.3, -0.25) is 0 Å². The molecule has 1 fully saturated rings. The Morgan fingerprint density at radius 1 is 1.26 bits per heavy atom. The van der Waals surface area contributed by atoms with Gasteiger partial charge in [-0.15, -0.1) is 11.3 Å². The second kappa shape index (κ2) is 8.63. The number of ether oxygens (including phenoxy) is 2. The quantitative estimate of drug-likeness (QED) is 0.727. The first kappa shape index (κ1) is 16.7. The van der Waals surface area contributed by atoms with Crippen molar-refractivity contribution in [3.63, 3.8) is 0 Å². The van der Waals surface area contributed by atoms with Crippen molar-refractivity contribution in [1.82, 2.24) is 10.3 Å². The molecule has 124 valence electrons. The molecular weight excluding hydrogens is 378 g/mol. The number of nitrogens with zero attached hydrogens (tertiary/aromatic N) is 2. The summed E-state index contributed by atoms with van der Waals surface area (Å²) < 4.78 is 12.1. The molecule has 0 bridgehead atoms. The van der Waals surface area contributed by atoms with Crippen LogP contribution in [0.4, 0.5) is 5.13 Å². The Bertz CT molecular complexity index is 600. The van der Waals surface area contributed by atoms with Crippen LogP contribution in [0.5, 0.6) is 5.75 Å². The number of thiazole rings is 1. The van der Waals surface area contributed by atoms with E-state index in [1.54, 1.807) is 11.3 Å². The number of halogens is 1. The molecule has 0 radical (unpaired) electrons. The predicted octanol–water partition coefficient (Wildman–Crippen LogP) is 2.91. The van der Waals surface area contributed by atoms with Gasteiger partial charge in [0.25, 0.3) is 0 Å². The Morgan fingerprint density at radius 2 is 2.04 bits per heavy atom. The summed E-state index contributed by atoms with van der Waals surface area (Å²) in [5, 5.41) is 4.49. The van der Waals surface area contributed by atoms with E-state index in [4.69, 9.17) is 9.47 Å². The lowest BCUT2D eigenvalue weighted by atomic mass is 10.3. The molecule has 2 aromatic rings. The molecule has 0 spiro atoms. The molecule has 1 aromatic heterocycles. The maximum absolute atomic E-state index is 5.68. The van der Waals surface area contributed by atoms with Crippen molar-refractivity contribution in [3.05, 3.63) is 39.8 Å². The summed E-state index contributed by atoms with van der Waals surface area (Å²) in [6.45, 7) is 5.73. The fourth-order valence-corrected chi connectivity index (χ4v) is 3.46. The summed E-state index contributed by atoms with van der Waals surface area (Å²) in [4.78, 5) is 8.04. The third-order valence-electron chi connectivity index (χ3n) is 3.48. The van der Waals surface area contributed by atoms with Crippen LogP contribution in [0.1, 0.15) is 4.88 Å².